The van der Waals surface area contributed by atoms with Gasteiger partial charge in [-0.2, -0.15) is 0 Å². The number of nitrogens with zero attached hydrogens (tertiary/aromatic N) is 3. The number of carbonyl (C=O) groups is 2. The Kier molecular flexibility index (Phi) is 5.29. The van der Waals surface area contributed by atoms with Crippen molar-refractivity contribution in [1.29, 1.82) is 0 Å². The van der Waals surface area contributed by atoms with Crippen LogP contribution in [0.2, 0.25) is 0 Å². The number of hydrogen-bond donors (Lipinski definition) is 1. The van der Waals surface area contributed by atoms with E-state index in [2.05, 4.69) is 9.71 Å². The van der Waals surface area contributed by atoms with Crippen LogP contribution in [-0.2, 0) is 26.1 Å². The van der Waals surface area contributed by atoms with Crippen LogP contribution in [-0.4, -0.2) is 48.0 Å². The monoisotopic (exact) mass is 392 g/mol. The average Bonchev–Trinajstić information content (AvgIpc) is 3.19. The highest BCUT2D eigenvalue weighted by molar-refractivity contribution is 7.89. The lowest BCUT2D eigenvalue weighted by Crippen LogP contribution is -2.40. The second-order valence-corrected chi connectivity index (χ2v) is 7.72. The first-order valence-electron chi connectivity index (χ1n) is 8.40. The molecule has 1 saturated heterocycles. The van der Waals surface area contributed by atoms with E-state index in [0.717, 1.165) is 4.90 Å². The molecule has 2 heterocycles. The zero-order chi connectivity index (χ0) is 19.6. The largest absolute Gasteiger partial charge is 0.439 e. The number of imide groups is 1. The maximum Gasteiger partial charge on any atom is 0.417 e. The number of aromatic nitrogens is 2. The van der Waals surface area contributed by atoms with Gasteiger partial charge in [-0.25, -0.2) is 27.8 Å². The lowest BCUT2D eigenvalue weighted by molar-refractivity contribution is -0.126. The summed E-state index contributed by atoms with van der Waals surface area (Å²) < 4.78 is 34.6. The molecule has 1 N–H and O–H groups in total. The molecular formula is C17H20N4O5S. The molecule has 0 radical (unpaired) electrons. The van der Waals surface area contributed by atoms with Crippen LogP contribution >= 0.6 is 0 Å². The highest BCUT2D eigenvalue weighted by Gasteiger charge is 2.35. The quantitative estimate of drug-likeness (QED) is 0.758. The predicted molar refractivity (Wildman–Crippen MR) is 95.2 cm³/mol. The molecule has 3 rings (SSSR count). The zero-order valence-electron chi connectivity index (χ0n) is 15.0. The number of imidazole rings is 1. The van der Waals surface area contributed by atoms with Crippen LogP contribution in [0.15, 0.2) is 41.6 Å². The van der Waals surface area contributed by atoms with Crippen LogP contribution in [0, 0.1) is 6.92 Å². The van der Waals surface area contributed by atoms with Gasteiger partial charge in [0.05, 0.1) is 12.6 Å². The number of benzene rings is 1. The SMILES string of the molecule is CCn1cc(S(=O)(=O)NC(CN2C(=O)COC2=O)c2ccccc2)nc1C. The molecule has 2 amide bonds. The third-order valence-electron chi connectivity index (χ3n) is 4.28. The van der Waals surface area contributed by atoms with Crippen LogP contribution in [0.3, 0.4) is 0 Å². The lowest BCUT2D eigenvalue weighted by Gasteiger charge is -2.22. The van der Waals surface area contributed by atoms with Crippen molar-refractivity contribution in [3.8, 4) is 0 Å². The number of aryl methyl sites for hydroxylation is 2. The van der Waals surface area contributed by atoms with Gasteiger partial charge < -0.3 is 9.30 Å². The molecule has 1 aromatic carbocycles. The Balaban J connectivity index is 1.90. The highest BCUT2D eigenvalue weighted by Crippen LogP contribution is 2.20. The van der Waals surface area contributed by atoms with Gasteiger partial charge in [0.15, 0.2) is 11.6 Å². The molecule has 2 aromatic rings. The smallest absolute Gasteiger partial charge is 0.417 e. The van der Waals surface area contributed by atoms with Crippen LogP contribution in [0.25, 0.3) is 0 Å². The summed E-state index contributed by atoms with van der Waals surface area (Å²) in [5.41, 5.74) is 0.611. The molecule has 144 valence electrons. The molecule has 1 aliphatic rings. The number of ether oxygens (including phenoxy) is 1. The Morgan fingerprint density at radius 3 is 2.52 bits per heavy atom. The molecule has 0 aliphatic carbocycles. The minimum absolute atomic E-state index is 0.113. The highest BCUT2D eigenvalue weighted by atomic mass is 32.2. The number of rotatable bonds is 7. The molecule has 27 heavy (non-hydrogen) atoms. The van der Waals surface area contributed by atoms with Crippen molar-refractivity contribution < 1.29 is 22.7 Å². The van der Waals surface area contributed by atoms with Crippen molar-refractivity contribution in [2.45, 2.75) is 31.5 Å². The van der Waals surface area contributed by atoms with Gasteiger partial charge in [-0.3, -0.25) is 4.79 Å². The third-order valence-corrected chi connectivity index (χ3v) is 5.62. The zero-order valence-corrected chi connectivity index (χ0v) is 15.8. The first kappa shape index (κ1) is 19.1. The van der Waals surface area contributed by atoms with Gasteiger partial charge in [0.1, 0.15) is 5.82 Å². The van der Waals surface area contributed by atoms with Gasteiger partial charge in [0.25, 0.3) is 15.9 Å². The van der Waals surface area contributed by atoms with Crippen molar-refractivity contribution >= 4 is 22.0 Å². The van der Waals surface area contributed by atoms with E-state index in [1.165, 1.54) is 6.20 Å². The fourth-order valence-electron chi connectivity index (χ4n) is 2.81. The van der Waals surface area contributed by atoms with Crippen LogP contribution in [0.1, 0.15) is 24.4 Å². The number of cyclic esters (lactones) is 1. The molecule has 10 heteroatoms. The molecule has 1 unspecified atom stereocenters. The maximum absolute atomic E-state index is 12.8. The van der Waals surface area contributed by atoms with Crippen molar-refractivity contribution in [3.05, 3.63) is 47.9 Å². The third kappa shape index (κ3) is 4.01. The molecule has 0 bridgehead atoms. The van der Waals surface area contributed by atoms with E-state index in [4.69, 9.17) is 4.74 Å². The second kappa shape index (κ2) is 7.49. The van der Waals surface area contributed by atoms with E-state index in [1.54, 1.807) is 41.8 Å². The Labute approximate surface area is 157 Å². The standard InChI is InChI=1S/C17H20N4O5S/c1-3-20-10-15(18-12(20)2)27(24,25)19-14(13-7-5-4-6-8-13)9-21-16(22)11-26-17(21)23/h4-8,10,14,19H,3,9,11H2,1-2H3. The molecule has 9 nitrogen and oxygen atoms in total. The lowest BCUT2D eigenvalue weighted by atomic mass is 10.1. The summed E-state index contributed by atoms with van der Waals surface area (Å²) in [6.07, 6.45) is 0.667. The number of hydrogen-bond acceptors (Lipinski definition) is 6. The van der Waals surface area contributed by atoms with E-state index in [9.17, 15) is 18.0 Å². The number of nitrogens with one attached hydrogen (secondary N) is 1. The summed E-state index contributed by atoms with van der Waals surface area (Å²) in [6.45, 7) is 3.68. The predicted octanol–water partition coefficient (Wildman–Crippen LogP) is 1.21. The number of carbonyl (C=O) groups excluding carboxylic acids is 2. The Morgan fingerprint density at radius 1 is 1.26 bits per heavy atom. The molecule has 1 fully saturated rings. The van der Waals surface area contributed by atoms with E-state index < -0.39 is 28.1 Å². The van der Waals surface area contributed by atoms with Gasteiger partial charge in [0, 0.05) is 12.7 Å². The van der Waals surface area contributed by atoms with E-state index >= 15 is 0 Å². The van der Waals surface area contributed by atoms with Crippen molar-refractivity contribution in [3.63, 3.8) is 0 Å². The fraction of sp³-hybridized carbons (Fsp3) is 0.353. The van der Waals surface area contributed by atoms with Gasteiger partial charge >= 0.3 is 6.09 Å². The topological polar surface area (TPSA) is 111 Å². The van der Waals surface area contributed by atoms with Gasteiger partial charge in [-0.05, 0) is 19.4 Å². The van der Waals surface area contributed by atoms with Crippen LogP contribution in [0.4, 0.5) is 4.79 Å². The Morgan fingerprint density at radius 2 is 1.96 bits per heavy atom. The normalized spacial score (nSPS) is 15.9. The summed E-state index contributed by atoms with van der Waals surface area (Å²) in [5.74, 6) is 0.0682. The summed E-state index contributed by atoms with van der Waals surface area (Å²) in [6, 6.07) is 7.88. The van der Waals surface area contributed by atoms with Gasteiger partial charge in [-0.1, -0.05) is 30.3 Å². The number of sulfonamides is 1. The van der Waals surface area contributed by atoms with E-state index in [-0.39, 0.29) is 18.2 Å². The summed E-state index contributed by atoms with van der Waals surface area (Å²) in [4.78, 5) is 28.6. The minimum atomic E-state index is -3.97. The molecule has 1 atom stereocenters. The molecule has 0 saturated carbocycles. The van der Waals surface area contributed by atoms with Crippen molar-refractivity contribution in [2.75, 3.05) is 13.2 Å². The summed E-state index contributed by atoms with van der Waals surface area (Å²) >= 11 is 0. The fourth-order valence-corrected chi connectivity index (χ4v) is 4.04. The minimum Gasteiger partial charge on any atom is -0.439 e. The number of amides is 2. The molecular weight excluding hydrogens is 372 g/mol. The molecule has 1 aliphatic heterocycles. The van der Waals surface area contributed by atoms with Crippen LogP contribution < -0.4 is 4.72 Å². The van der Waals surface area contributed by atoms with Gasteiger partial charge in [0.2, 0.25) is 0 Å². The first-order chi connectivity index (χ1) is 12.8. The van der Waals surface area contributed by atoms with Crippen molar-refractivity contribution in [1.82, 2.24) is 19.2 Å². The first-order valence-corrected chi connectivity index (χ1v) is 9.88. The maximum atomic E-state index is 12.8. The summed E-state index contributed by atoms with van der Waals surface area (Å²) in [5, 5.41) is -0.113. The van der Waals surface area contributed by atoms with E-state index in [1.807, 2.05) is 6.92 Å². The Bertz CT molecular complexity index is 939. The molecule has 0 spiro atoms. The van der Waals surface area contributed by atoms with Crippen molar-refractivity contribution in [2.24, 2.45) is 0 Å². The van der Waals surface area contributed by atoms with E-state index in [0.29, 0.717) is 17.9 Å². The Hall–Kier alpha value is -2.72. The average molecular weight is 392 g/mol. The second-order valence-electron chi connectivity index (χ2n) is 6.06. The van der Waals surface area contributed by atoms with Crippen LogP contribution in [0.5, 0.6) is 0 Å². The van der Waals surface area contributed by atoms with Gasteiger partial charge in [-0.15, -0.1) is 0 Å². The molecule has 1 aromatic heterocycles. The summed E-state index contributed by atoms with van der Waals surface area (Å²) in [7, 11) is -3.97.